The predicted octanol–water partition coefficient (Wildman–Crippen LogP) is 1.17. The van der Waals surface area contributed by atoms with Gasteiger partial charge in [0.15, 0.2) is 6.61 Å². The maximum absolute atomic E-state index is 12.1. The Morgan fingerprint density at radius 3 is 2.39 bits per heavy atom. The van der Waals surface area contributed by atoms with Crippen LogP contribution in [-0.4, -0.2) is 40.6 Å². The Labute approximate surface area is 163 Å². The maximum Gasteiger partial charge on any atom is 0.342 e. The molecule has 150 valence electrons. The number of esters is 1. The van der Waals surface area contributed by atoms with E-state index in [9.17, 15) is 18.0 Å². The van der Waals surface area contributed by atoms with Crippen molar-refractivity contribution in [1.82, 2.24) is 5.32 Å². The summed E-state index contributed by atoms with van der Waals surface area (Å²) in [6.45, 7) is 1.72. The highest BCUT2D eigenvalue weighted by atomic mass is 32.2. The van der Waals surface area contributed by atoms with Gasteiger partial charge >= 0.3 is 5.97 Å². The summed E-state index contributed by atoms with van der Waals surface area (Å²) in [4.78, 5) is 24.0. The zero-order valence-electron chi connectivity index (χ0n) is 15.6. The van der Waals surface area contributed by atoms with Gasteiger partial charge in [-0.05, 0) is 43.2 Å². The lowest BCUT2D eigenvalue weighted by Gasteiger charge is -2.10. The molecule has 0 saturated carbocycles. The Balaban J connectivity index is 1.80. The molecule has 0 aliphatic rings. The van der Waals surface area contributed by atoms with Gasteiger partial charge in [0.05, 0.1) is 12.0 Å². The van der Waals surface area contributed by atoms with Crippen LogP contribution in [0.2, 0.25) is 0 Å². The molecule has 28 heavy (non-hydrogen) atoms. The average molecular weight is 406 g/mol. The highest BCUT2D eigenvalue weighted by Crippen LogP contribution is 2.20. The molecule has 8 nitrogen and oxygen atoms in total. The molecule has 0 spiro atoms. The molecule has 0 bridgehead atoms. The standard InChI is InChI=1S/C19H22N2O6S/c1-13-3-8-17(26-2)16(11-13)19(23)27-12-18(22)21-10-9-14-4-6-15(7-5-14)28(20,24)25/h3-8,11H,9-10,12H2,1-2H3,(H,21,22)(H2,20,24,25). The van der Waals surface area contributed by atoms with E-state index in [0.29, 0.717) is 18.7 Å². The molecule has 0 radical (unpaired) electrons. The molecular weight excluding hydrogens is 384 g/mol. The van der Waals surface area contributed by atoms with Crippen molar-refractivity contribution in [2.75, 3.05) is 20.3 Å². The SMILES string of the molecule is COc1ccc(C)cc1C(=O)OCC(=O)NCCc1ccc(S(N)(=O)=O)cc1. The second-order valence-corrected chi connectivity index (χ2v) is 7.63. The first kappa shape index (κ1) is 21.4. The van der Waals surface area contributed by atoms with Crippen molar-refractivity contribution in [2.24, 2.45) is 5.14 Å². The quantitative estimate of drug-likeness (QED) is 0.634. The zero-order valence-corrected chi connectivity index (χ0v) is 16.4. The third-order valence-electron chi connectivity index (χ3n) is 3.90. The zero-order chi connectivity index (χ0) is 20.7. The Morgan fingerprint density at radius 2 is 1.79 bits per heavy atom. The molecule has 0 aromatic heterocycles. The number of nitrogens with one attached hydrogen (secondary N) is 1. The summed E-state index contributed by atoms with van der Waals surface area (Å²) < 4.78 is 32.6. The molecule has 0 fully saturated rings. The maximum atomic E-state index is 12.1. The van der Waals surface area contributed by atoms with E-state index in [0.717, 1.165) is 11.1 Å². The molecule has 2 aromatic rings. The van der Waals surface area contributed by atoms with Crippen LogP contribution in [0.3, 0.4) is 0 Å². The van der Waals surface area contributed by atoms with Crippen molar-refractivity contribution in [2.45, 2.75) is 18.2 Å². The lowest BCUT2D eigenvalue weighted by atomic mass is 10.1. The Hall–Kier alpha value is -2.91. The molecule has 0 aliphatic carbocycles. The molecule has 9 heteroatoms. The van der Waals surface area contributed by atoms with Crippen LogP contribution in [0.5, 0.6) is 5.75 Å². The topological polar surface area (TPSA) is 125 Å². The van der Waals surface area contributed by atoms with Crippen LogP contribution >= 0.6 is 0 Å². The van der Waals surface area contributed by atoms with Crippen LogP contribution in [0, 0.1) is 6.92 Å². The summed E-state index contributed by atoms with van der Waals surface area (Å²) in [5.41, 5.74) is 1.95. The number of methoxy groups -OCH3 is 1. The summed E-state index contributed by atoms with van der Waals surface area (Å²) in [5, 5.41) is 7.67. The molecule has 0 heterocycles. The molecule has 1 amide bonds. The molecule has 0 aliphatic heterocycles. The third-order valence-corrected chi connectivity index (χ3v) is 4.83. The molecular formula is C19H22N2O6S. The molecule has 2 aromatic carbocycles. The molecule has 0 saturated heterocycles. The van der Waals surface area contributed by atoms with Gasteiger partial charge in [0, 0.05) is 6.54 Å². The Bertz CT molecular complexity index is 955. The number of carbonyl (C=O) groups is 2. The number of benzene rings is 2. The van der Waals surface area contributed by atoms with Crippen molar-refractivity contribution in [3.05, 3.63) is 59.2 Å². The summed E-state index contributed by atoms with van der Waals surface area (Å²) in [6, 6.07) is 11.1. The van der Waals surface area contributed by atoms with Gasteiger partial charge in [-0.25, -0.2) is 18.4 Å². The van der Waals surface area contributed by atoms with Gasteiger partial charge in [0.25, 0.3) is 5.91 Å². The second kappa shape index (κ2) is 9.34. The van der Waals surface area contributed by atoms with Gasteiger partial charge in [0.2, 0.25) is 10.0 Å². The van der Waals surface area contributed by atoms with Crippen molar-refractivity contribution in [3.63, 3.8) is 0 Å². The fourth-order valence-electron chi connectivity index (χ4n) is 2.43. The molecule has 3 N–H and O–H groups in total. The highest BCUT2D eigenvalue weighted by Gasteiger charge is 2.15. The van der Waals surface area contributed by atoms with Crippen LogP contribution < -0.4 is 15.2 Å². The minimum atomic E-state index is -3.73. The summed E-state index contributed by atoms with van der Waals surface area (Å²) in [6.07, 6.45) is 0.482. The van der Waals surface area contributed by atoms with Gasteiger partial charge in [0.1, 0.15) is 11.3 Å². The number of carbonyl (C=O) groups excluding carboxylic acids is 2. The number of rotatable bonds is 8. The molecule has 2 rings (SSSR count). The lowest BCUT2D eigenvalue weighted by Crippen LogP contribution is -2.30. The van der Waals surface area contributed by atoms with E-state index >= 15 is 0 Å². The van der Waals surface area contributed by atoms with E-state index in [1.807, 2.05) is 6.92 Å². The van der Waals surface area contributed by atoms with Gasteiger partial charge in [-0.15, -0.1) is 0 Å². The van der Waals surface area contributed by atoms with E-state index < -0.39 is 28.5 Å². The number of amides is 1. The van der Waals surface area contributed by atoms with Crippen molar-refractivity contribution in [1.29, 1.82) is 0 Å². The predicted molar refractivity (Wildman–Crippen MR) is 103 cm³/mol. The van der Waals surface area contributed by atoms with Crippen molar-refractivity contribution >= 4 is 21.9 Å². The number of aryl methyl sites for hydroxylation is 1. The third kappa shape index (κ3) is 6.07. The Morgan fingerprint density at radius 1 is 1.11 bits per heavy atom. The largest absolute Gasteiger partial charge is 0.496 e. The first-order chi connectivity index (χ1) is 13.2. The first-order valence-corrected chi connectivity index (χ1v) is 9.95. The van der Waals surface area contributed by atoms with Crippen molar-refractivity contribution < 1.29 is 27.5 Å². The van der Waals surface area contributed by atoms with Crippen LogP contribution in [0.1, 0.15) is 21.5 Å². The molecule has 0 unspecified atom stereocenters. The molecule has 0 atom stereocenters. The second-order valence-electron chi connectivity index (χ2n) is 6.07. The van der Waals surface area contributed by atoms with Gasteiger partial charge in [-0.2, -0.15) is 0 Å². The van der Waals surface area contributed by atoms with E-state index in [1.165, 1.54) is 19.2 Å². The fourth-order valence-corrected chi connectivity index (χ4v) is 2.95. The van der Waals surface area contributed by atoms with Crippen molar-refractivity contribution in [3.8, 4) is 5.75 Å². The minimum absolute atomic E-state index is 0.0266. The monoisotopic (exact) mass is 406 g/mol. The highest BCUT2D eigenvalue weighted by molar-refractivity contribution is 7.89. The normalized spacial score (nSPS) is 11.0. The van der Waals surface area contributed by atoms with E-state index in [-0.39, 0.29) is 10.5 Å². The number of hydrogen-bond acceptors (Lipinski definition) is 6. The van der Waals surface area contributed by atoms with E-state index in [2.05, 4.69) is 5.32 Å². The van der Waals surface area contributed by atoms with Crippen LogP contribution in [-0.2, 0) is 26.0 Å². The number of primary sulfonamides is 1. The van der Waals surface area contributed by atoms with Crippen LogP contribution in [0.25, 0.3) is 0 Å². The summed E-state index contributed by atoms with van der Waals surface area (Å²) >= 11 is 0. The van der Waals surface area contributed by atoms with Gasteiger partial charge in [-0.3, -0.25) is 4.79 Å². The number of nitrogens with two attached hydrogens (primary N) is 1. The minimum Gasteiger partial charge on any atom is -0.496 e. The van der Waals surface area contributed by atoms with Gasteiger partial charge < -0.3 is 14.8 Å². The summed E-state index contributed by atoms with van der Waals surface area (Å²) in [7, 11) is -2.28. The Kier molecular flexibility index (Phi) is 7.13. The fraction of sp³-hybridized carbons (Fsp3) is 0.263. The number of ether oxygens (including phenoxy) is 2. The average Bonchev–Trinajstić information content (AvgIpc) is 2.65. The van der Waals surface area contributed by atoms with E-state index in [1.54, 1.807) is 30.3 Å². The van der Waals surface area contributed by atoms with E-state index in [4.69, 9.17) is 14.6 Å². The first-order valence-electron chi connectivity index (χ1n) is 8.41. The lowest BCUT2D eigenvalue weighted by molar-refractivity contribution is -0.124. The number of sulfonamides is 1. The summed E-state index contributed by atoms with van der Waals surface area (Å²) in [5.74, 6) is -0.714. The van der Waals surface area contributed by atoms with Crippen LogP contribution in [0.4, 0.5) is 0 Å². The number of hydrogen-bond donors (Lipinski definition) is 2. The van der Waals surface area contributed by atoms with Gasteiger partial charge in [-0.1, -0.05) is 23.8 Å². The van der Waals surface area contributed by atoms with Crippen LogP contribution in [0.15, 0.2) is 47.4 Å². The smallest absolute Gasteiger partial charge is 0.342 e.